The summed E-state index contributed by atoms with van der Waals surface area (Å²) in [6.45, 7) is 7.72. The molecular formula is C19H24BrN3O3S. The van der Waals surface area contributed by atoms with Gasteiger partial charge in [-0.1, -0.05) is 0 Å². The molecule has 1 unspecified atom stereocenters. The van der Waals surface area contributed by atoms with E-state index in [1.165, 1.54) is 16.2 Å². The summed E-state index contributed by atoms with van der Waals surface area (Å²) in [4.78, 5) is 26.6. The van der Waals surface area contributed by atoms with Crippen LogP contribution in [0.25, 0.3) is 0 Å². The van der Waals surface area contributed by atoms with Crippen molar-refractivity contribution >= 4 is 44.1 Å². The zero-order chi connectivity index (χ0) is 19.7. The van der Waals surface area contributed by atoms with E-state index in [2.05, 4.69) is 26.3 Å². The van der Waals surface area contributed by atoms with Crippen molar-refractivity contribution in [2.24, 2.45) is 0 Å². The van der Waals surface area contributed by atoms with Crippen molar-refractivity contribution in [1.29, 1.82) is 0 Å². The summed E-state index contributed by atoms with van der Waals surface area (Å²) >= 11 is 4.99. The van der Waals surface area contributed by atoms with Crippen LogP contribution in [0.1, 0.15) is 64.9 Å². The number of rotatable bonds is 5. The number of aryl methyl sites for hydroxylation is 2. The maximum Gasteiger partial charge on any atom is 0.341 e. The minimum absolute atomic E-state index is 0.197. The highest BCUT2D eigenvalue weighted by Gasteiger charge is 2.29. The molecule has 1 amide bonds. The lowest BCUT2D eigenvalue weighted by Crippen LogP contribution is -2.26. The summed E-state index contributed by atoms with van der Waals surface area (Å²) < 4.78 is 7.85. The van der Waals surface area contributed by atoms with Crippen LogP contribution >= 0.6 is 27.3 Å². The van der Waals surface area contributed by atoms with Crippen molar-refractivity contribution in [3.8, 4) is 0 Å². The quantitative estimate of drug-likeness (QED) is 0.672. The number of nitrogens with zero attached hydrogens (tertiary/aromatic N) is 2. The van der Waals surface area contributed by atoms with Crippen LogP contribution < -0.4 is 5.32 Å². The first-order chi connectivity index (χ1) is 12.8. The first-order valence-corrected chi connectivity index (χ1v) is 10.8. The van der Waals surface area contributed by atoms with E-state index in [1.54, 1.807) is 18.5 Å². The number of esters is 1. The molecule has 0 radical (unpaired) electrons. The normalized spacial score (nSPS) is 14.6. The fourth-order valence-electron chi connectivity index (χ4n) is 3.42. The Labute approximate surface area is 171 Å². The van der Waals surface area contributed by atoms with E-state index in [4.69, 9.17) is 4.74 Å². The molecule has 1 N–H and O–H groups in total. The van der Waals surface area contributed by atoms with Crippen LogP contribution in [0.3, 0.4) is 0 Å². The van der Waals surface area contributed by atoms with Crippen molar-refractivity contribution in [3.63, 3.8) is 0 Å². The summed E-state index contributed by atoms with van der Waals surface area (Å²) in [7, 11) is 0. The fraction of sp³-hybridized carbons (Fsp3) is 0.526. The Morgan fingerprint density at radius 1 is 1.33 bits per heavy atom. The molecule has 0 saturated heterocycles. The lowest BCUT2D eigenvalue weighted by molar-refractivity contribution is -0.119. The predicted octanol–water partition coefficient (Wildman–Crippen LogP) is 4.58. The highest BCUT2D eigenvalue weighted by molar-refractivity contribution is 9.10. The van der Waals surface area contributed by atoms with Crippen LogP contribution in [0.4, 0.5) is 5.00 Å². The van der Waals surface area contributed by atoms with Gasteiger partial charge in [0.1, 0.15) is 11.0 Å². The number of amides is 1. The van der Waals surface area contributed by atoms with Gasteiger partial charge in [-0.15, -0.1) is 11.3 Å². The van der Waals surface area contributed by atoms with Crippen molar-refractivity contribution in [1.82, 2.24) is 9.78 Å². The summed E-state index contributed by atoms with van der Waals surface area (Å²) in [6, 6.07) is -0.496. The standard InChI is InChI=1S/C19H24BrN3O3S/c1-5-26-19(25)15-13-8-6-7-9-14(13)27-18(15)21-17(24)12(4)23-11(3)16(20)10(2)22-23/h12H,5-9H2,1-4H3,(H,21,24). The summed E-state index contributed by atoms with van der Waals surface area (Å²) in [5.74, 6) is -0.550. The SMILES string of the molecule is CCOC(=O)c1c(NC(=O)C(C)n2nc(C)c(Br)c2C)sc2c1CCCC2. The number of carbonyl (C=O) groups is 2. The monoisotopic (exact) mass is 453 g/mol. The lowest BCUT2D eigenvalue weighted by Gasteiger charge is -2.15. The van der Waals surface area contributed by atoms with Crippen LogP contribution in [-0.4, -0.2) is 28.3 Å². The first-order valence-electron chi connectivity index (χ1n) is 9.18. The van der Waals surface area contributed by atoms with Crippen molar-refractivity contribution in [2.45, 2.75) is 59.4 Å². The predicted molar refractivity (Wildman–Crippen MR) is 110 cm³/mol. The van der Waals surface area contributed by atoms with Crippen molar-refractivity contribution in [3.05, 3.63) is 31.9 Å². The molecule has 0 fully saturated rings. The van der Waals surface area contributed by atoms with Gasteiger partial charge in [0.05, 0.1) is 28.0 Å². The Morgan fingerprint density at radius 3 is 2.67 bits per heavy atom. The Bertz CT molecular complexity index is 887. The van der Waals surface area contributed by atoms with Gasteiger partial charge in [-0.05, 0) is 74.9 Å². The molecule has 1 aliphatic carbocycles. The molecule has 6 nitrogen and oxygen atoms in total. The number of aromatic nitrogens is 2. The highest BCUT2D eigenvalue weighted by Crippen LogP contribution is 2.39. The molecule has 0 aliphatic heterocycles. The number of hydrogen-bond acceptors (Lipinski definition) is 5. The van der Waals surface area contributed by atoms with Gasteiger partial charge in [0, 0.05) is 4.88 Å². The molecule has 146 valence electrons. The number of thiophene rings is 1. The smallest absolute Gasteiger partial charge is 0.341 e. The van der Waals surface area contributed by atoms with Crippen molar-refractivity contribution in [2.75, 3.05) is 11.9 Å². The van der Waals surface area contributed by atoms with Gasteiger partial charge >= 0.3 is 5.97 Å². The zero-order valence-electron chi connectivity index (χ0n) is 16.0. The highest BCUT2D eigenvalue weighted by atomic mass is 79.9. The molecular weight excluding hydrogens is 430 g/mol. The minimum Gasteiger partial charge on any atom is -0.462 e. The molecule has 27 heavy (non-hydrogen) atoms. The summed E-state index contributed by atoms with van der Waals surface area (Å²) in [5.41, 5.74) is 3.31. The first kappa shape index (κ1) is 20.1. The third-order valence-corrected chi connectivity index (χ3v) is 7.23. The number of nitrogens with one attached hydrogen (secondary N) is 1. The third-order valence-electron chi connectivity index (χ3n) is 4.87. The van der Waals surface area contributed by atoms with E-state index < -0.39 is 6.04 Å². The molecule has 0 saturated carbocycles. The fourth-order valence-corrected chi connectivity index (χ4v) is 4.96. The van der Waals surface area contributed by atoms with Crippen molar-refractivity contribution < 1.29 is 14.3 Å². The molecule has 1 aliphatic rings. The number of carbonyl (C=O) groups excluding carboxylic acids is 2. The molecule has 3 rings (SSSR count). The molecule has 0 spiro atoms. The molecule has 0 bridgehead atoms. The minimum atomic E-state index is -0.496. The Balaban J connectivity index is 1.90. The van der Waals surface area contributed by atoms with Crippen LogP contribution in [0.2, 0.25) is 0 Å². The largest absolute Gasteiger partial charge is 0.462 e. The van der Waals surface area contributed by atoms with Crippen LogP contribution in [0.15, 0.2) is 4.47 Å². The van der Waals surface area contributed by atoms with E-state index in [9.17, 15) is 9.59 Å². The van der Waals surface area contributed by atoms with Gasteiger partial charge in [-0.25, -0.2) is 4.79 Å². The van der Waals surface area contributed by atoms with Gasteiger partial charge < -0.3 is 10.1 Å². The number of anilines is 1. The lowest BCUT2D eigenvalue weighted by atomic mass is 9.95. The van der Waals surface area contributed by atoms with Gasteiger partial charge in [-0.2, -0.15) is 5.10 Å². The average molecular weight is 454 g/mol. The Hall–Kier alpha value is -1.67. The van der Waals surface area contributed by atoms with Gasteiger partial charge in [0.25, 0.3) is 0 Å². The summed E-state index contributed by atoms with van der Waals surface area (Å²) in [6.07, 6.45) is 3.97. The van der Waals surface area contributed by atoms with Crippen LogP contribution in [0, 0.1) is 13.8 Å². The molecule has 2 aromatic rings. The number of fused-ring (bicyclic) bond motifs is 1. The Morgan fingerprint density at radius 2 is 2.04 bits per heavy atom. The number of hydrogen-bond donors (Lipinski definition) is 1. The van der Waals surface area contributed by atoms with E-state index in [-0.39, 0.29) is 11.9 Å². The number of halogens is 1. The molecule has 1 atom stereocenters. The zero-order valence-corrected chi connectivity index (χ0v) is 18.4. The van der Waals surface area contributed by atoms with E-state index in [1.807, 2.05) is 13.8 Å². The third kappa shape index (κ3) is 3.82. The molecule has 2 heterocycles. The van der Waals surface area contributed by atoms with E-state index >= 15 is 0 Å². The molecule has 8 heteroatoms. The van der Waals surface area contributed by atoms with Crippen LogP contribution in [-0.2, 0) is 22.4 Å². The van der Waals surface area contributed by atoms with Gasteiger partial charge in [-0.3, -0.25) is 9.48 Å². The van der Waals surface area contributed by atoms with Gasteiger partial charge in [0.15, 0.2) is 0 Å². The molecule has 0 aromatic carbocycles. The topological polar surface area (TPSA) is 73.2 Å². The average Bonchev–Trinajstić information content (AvgIpc) is 3.13. The van der Waals surface area contributed by atoms with E-state index in [0.29, 0.717) is 17.2 Å². The van der Waals surface area contributed by atoms with Crippen LogP contribution in [0.5, 0.6) is 0 Å². The second kappa shape index (κ2) is 8.14. The maximum absolute atomic E-state index is 12.9. The molecule has 2 aromatic heterocycles. The second-order valence-corrected chi connectivity index (χ2v) is 8.63. The van der Waals surface area contributed by atoms with Gasteiger partial charge in [0.2, 0.25) is 5.91 Å². The Kier molecular flexibility index (Phi) is 6.05. The summed E-state index contributed by atoms with van der Waals surface area (Å²) in [5, 5.41) is 8.00. The maximum atomic E-state index is 12.9. The van der Waals surface area contributed by atoms with E-state index in [0.717, 1.165) is 47.1 Å². The second-order valence-electron chi connectivity index (χ2n) is 6.73. The number of ether oxygens (including phenoxy) is 1.